The summed E-state index contributed by atoms with van der Waals surface area (Å²) in [5.74, 6) is 0.112. The standard InChI is InChI=1S/C15H19BrFN3O2/c1-14(2,3)22-13(21)19-15(4,5)12-18-11(16)10-9(17)7-6-8-20(10)12/h6-8H,1-5H3,(H,19,21). The summed E-state index contributed by atoms with van der Waals surface area (Å²) in [5.41, 5.74) is -1.11. The third kappa shape index (κ3) is 3.40. The molecule has 0 spiro atoms. The van der Waals surface area contributed by atoms with E-state index in [1.165, 1.54) is 6.07 Å². The van der Waals surface area contributed by atoms with Crippen LogP contribution in [0, 0.1) is 5.82 Å². The topological polar surface area (TPSA) is 55.6 Å². The summed E-state index contributed by atoms with van der Waals surface area (Å²) >= 11 is 3.26. The van der Waals surface area contributed by atoms with Gasteiger partial charge in [-0.05, 0) is 62.7 Å². The van der Waals surface area contributed by atoms with Gasteiger partial charge >= 0.3 is 6.09 Å². The maximum absolute atomic E-state index is 13.9. The molecule has 1 N–H and O–H groups in total. The number of imidazole rings is 1. The zero-order valence-electron chi connectivity index (χ0n) is 13.2. The Kier molecular flexibility index (Phi) is 4.21. The summed E-state index contributed by atoms with van der Waals surface area (Å²) in [4.78, 5) is 16.3. The van der Waals surface area contributed by atoms with Crippen LogP contribution < -0.4 is 5.32 Å². The van der Waals surface area contributed by atoms with Gasteiger partial charge in [-0.1, -0.05) is 0 Å². The molecular weight excluding hydrogens is 353 g/mol. The molecule has 0 aromatic carbocycles. The molecule has 0 radical (unpaired) electrons. The number of hydrogen-bond donors (Lipinski definition) is 1. The van der Waals surface area contributed by atoms with Crippen molar-refractivity contribution in [3.63, 3.8) is 0 Å². The first-order valence-electron chi connectivity index (χ1n) is 6.85. The van der Waals surface area contributed by atoms with E-state index in [4.69, 9.17) is 4.74 Å². The molecule has 0 bridgehead atoms. The van der Waals surface area contributed by atoms with E-state index >= 15 is 0 Å². The van der Waals surface area contributed by atoms with Crippen molar-refractivity contribution in [2.45, 2.75) is 45.8 Å². The normalized spacial score (nSPS) is 12.5. The second kappa shape index (κ2) is 5.53. The van der Waals surface area contributed by atoms with E-state index in [-0.39, 0.29) is 5.82 Å². The molecule has 0 aliphatic rings. The Morgan fingerprint density at radius 3 is 2.59 bits per heavy atom. The van der Waals surface area contributed by atoms with Crippen LogP contribution in [0.4, 0.5) is 9.18 Å². The van der Waals surface area contributed by atoms with E-state index in [0.717, 1.165) is 0 Å². The number of alkyl carbamates (subject to hydrolysis) is 1. The lowest BCUT2D eigenvalue weighted by Crippen LogP contribution is -2.44. The highest BCUT2D eigenvalue weighted by atomic mass is 79.9. The molecule has 0 saturated carbocycles. The van der Waals surface area contributed by atoms with Gasteiger partial charge in [0.25, 0.3) is 0 Å². The molecule has 0 saturated heterocycles. The van der Waals surface area contributed by atoms with Crippen molar-refractivity contribution in [2.75, 3.05) is 0 Å². The summed E-state index contributed by atoms with van der Waals surface area (Å²) < 4.78 is 21.2. The Hall–Kier alpha value is -1.63. The predicted molar refractivity (Wildman–Crippen MR) is 85.2 cm³/mol. The molecule has 2 aromatic rings. The Morgan fingerprint density at radius 2 is 2.00 bits per heavy atom. The highest BCUT2D eigenvalue weighted by molar-refractivity contribution is 9.10. The first-order valence-corrected chi connectivity index (χ1v) is 7.64. The van der Waals surface area contributed by atoms with Gasteiger partial charge in [-0.15, -0.1) is 0 Å². The maximum atomic E-state index is 13.9. The minimum Gasteiger partial charge on any atom is -0.444 e. The van der Waals surface area contributed by atoms with E-state index < -0.39 is 17.2 Å². The van der Waals surface area contributed by atoms with Gasteiger partial charge in [0.15, 0.2) is 0 Å². The number of rotatable bonds is 2. The predicted octanol–water partition coefficient (Wildman–Crippen LogP) is 4.00. The highest BCUT2D eigenvalue weighted by Crippen LogP contribution is 2.28. The maximum Gasteiger partial charge on any atom is 0.408 e. The van der Waals surface area contributed by atoms with Crippen molar-refractivity contribution in [1.29, 1.82) is 0 Å². The van der Waals surface area contributed by atoms with Gasteiger partial charge in [0.2, 0.25) is 0 Å². The Labute approximate surface area is 137 Å². The van der Waals surface area contributed by atoms with Gasteiger partial charge in [-0.3, -0.25) is 4.40 Å². The fourth-order valence-corrected chi connectivity index (χ4v) is 2.66. The minimum atomic E-state index is -0.842. The van der Waals surface area contributed by atoms with Crippen LogP contribution >= 0.6 is 15.9 Å². The Bertz CT molecular complexity index is 719. The third-order valence-electron chi connectivity index (χ3n) is 2.94. The fourth-order valence-electron chi connectivity index (χ4n) is 2.11. The molecule has 0 atom stereocenters. The molecule has 0 fully saturated rings. The number of carbonyl (C=O) groups excluding carboxylic acids is 1. The van der Waals surface area contributed by atoms with Gasteiger partial charge in [0.05, 0.1) is 5.54 Å². The average molecular weight is 372 g/mol. The minimum absolute atomic E-state index is 0.330. The zero-order chi connectivity index (χ0) is 16.7. The smallest absolute Gasteiger partial charge is 0.408 e. The van der Waals surface area contributed by atoms with Crippen molar-refractivity contribution in [3.8, 4) is 0 Å². The van der Waals surface area contributed by atoms with Crippen molar-refractivity contribution in [2.24, 2.45) is 0 Å². The summed E-state index contributed by atoms with van der Waals surface area (Å²) in [6, 6.07) is 2.95. The molecule has 0 aliphatic carbocycles. The molecule has 120 valence electrons. The Balaban J connectivity index is 2.38. The van der Waals surface area contributed by atoms with Crippen molar-refractivity contribution in [1.82, 2.24) is 14.7 Å². The van der Waals surface area contributed by atoms with Crippen molar-refractivity contribution in [3.05, 3.63) is 34.6 Å². The SMILES string of the molecule is CC(C)(C)OC(=O)NC(C)(C)c1nc(Br)c2c(F)cccn12. The molecule has 0 aliphatic heterocycles. The fraction of sp³-hybridized carbons (Fsp3) is 0.467. The van der Waals surface area contributed by atoms with Gasteiger partial charge in [-0.2, -0.15) is 0 Å². The lowest BCUT2D eigenvalue weighted by atomic mass is 10.1. The van der Waals surface area contributed by atoms with Crippen LogP contribution in [0.2, 0.25) is 0 Å². The molecule has 7 heteroatoms. The summed E-state index contributed by atoms with van der Waals surface area (Å²) in [6.45, 7) is 8.93. The van der Waals surface area contributed by atoms with Gasteiger partial charge in [0.1, 0.15) is 27.4 Å². The van der Waals surface area contributed by atoms with E-state index in [1.807, 2.05) is 0 Å². The average Bonchev–Trinajstić information content (AvgIpc) is 2.65. The van der Waals surface area contributed by atoms with Crippen LogP contribution in [0.3, 0.4) is 0 Å². The first-order chi connectivity index (χ1) is 10.0. The number of ether oxygens (including phenoxy) is 1. The number of hydrogen-bond acceptors (Lipinski definition) is 3. The molecule has 2 aromatic heterocycles. The summed E-state index contributed by atoms with van der Waals surface area (Å²) in [6.07, 6.45) is 1.14. The number of aromatic nitrogens is 2. The zero-order valence-corrected chi connectivity index (χ0v) is 14.8. The summed E-state index contributed by atoms with van der Waals surface area (Å²) in [7, 11) is 0. The van der Waals surface area contributed by atoms with Crippen molar-refractivity contribution < 1.29 is 13.9 Å². The van der Waals surface area contributed by atoms with Gasteiger partial charge < -0.3 is 10.1 Å². The lowest BCUT2D eigenvalue weighted by Gasteiger charge is -2.27. The second-order valence-corrected chi connectivity index (χ2v) is 7.30. The number of carbonyl (C=O) groups is 1. The lowest BCUT2D eigenvalue weighted by molar-refractivity contribution is 0.0466. The van der Waals surface area contributed by atoms with E-state index in [1.54, 1.807) is 51.3 Å². The Morgan fingerprint density at radius 1 is 1.36 bits per heavy atom. The molecule has 2 rings (SSSR count). The molecule has 2 heterocycles. The second-order valence-electron chi connectivity index (χ2n) is 6.55. The molecule has 22 heavy (non-hydrogen) atoms. The van der Waals surface area contributed by atoms with Crippen LogP contribution in [0.25, 0.3) is 5.52 Å². The quantitative estimate of drug-likeness (QED) is 0.867. The number of nitrogens with zero attached hydrogens (tertiary/aromatic N) is 2. The third-order valence-corrected chi connectivity index (χ3v) is 3.50. The summed E-state index contributed by atoms with van der Waals surface area (Å²) in [5, 5.41) is 2.77. The van der Waals surface area contributed by atoms with Crippen molar-refractivity contribution >= 4 is 27.5 Å². The van der Waals surface area contributed by atoms with Crippen LogP contribution in [-0.4, -0.2) is 21.1 Å². The number of amides is 1. The van der Waals surface area contributed by atoms with Crippen LogP contribution in [0.1, 0.15) is 40.4 Å². The van der Waals surface area contributed by atoms with Gasteiger partial charge in [-0.25, -0.2) is 14.2 Å². The van der Waals surface area contributed by atoms with Gasteiger partial charge in [0, 0.05) is 6.20 Å². The van der Waals surface area contributed by atoms with Crippen LogP contribution in [-0.2, 0) is 10.3 Å². The van der Waals surface area contributed by atoms with Crippen LogP contribution in [0.5, 0.6) is 0 Å². The van der Waals surface area contributed by atoms with Crippen LogP contribution in [0.15, 0.2) is 22.9 Å². The largest absolute Gasteiger partial charge is 0.444 e. The van der Waals surface area contributed by atoms with E-state index in [0.29, 0.717) is 15.9 Å². The molecule has 5 nitrogen and oxygen atoms in total. The number of fused-ring (bicyclic) bond motifs is 1. The first kappa shape index (κ1) is 16.7. The number of halogens is 2. The molecular formula is C15H19BrFN3O2. The molecule has 0 unspecified atom stereocenters. The highest BCUT2D eigenvalue weighted by Gasteiger charge is 2.31. The number of pyridine rings is 1. The monoisotopic (exact) mass is 371 g/mol. The van der Waals surface area contributed by atoms with E-state index in [2.05, 4.69) is 26.2 Å². The number of nitrogens with one attached hydrogen (secondary N) is 1. The van der Waals surface area contributed by atoms with E-state index in [9.17, 15) is 9.18 Å². The molecule has 1 amide bonds.